The standard InChI is InChI=1S/C12H14N2O2/c1-12(13,11(15)16)6-8-7-14-10-5-3-2-4-9(8)10/h2-5,7,14H,6,13H2,1H3,(H,15,16)/i1-1. The SMILES string of the molecule is [11CH3]C(N)(Cc1c[nH]c2ccccc12)C(=O)O. The third kappa shape index (κ3) is 1.79. The van der Waals surface area contributed by atoms with Crippen molar-refractivity contribution in [2.75, 3.05) is 0 Å². The van der Waals surface area contributed by atoms with Crippen LogP contribution in [0.25, 0.3) is 10.9 Å². The van der Waals surface area contributed by atoms with E-state index in [-0.39, 0.29) is 0 Å². The van der Waals surface area contributed by atoms with Gasteiger partial charge in [0.25, 0.3) is 0 Å². The molecule has 0 amide bonds. The van der Waals surface area contributed by atoms with E-state index in [0.717, 1.165) is 16.5 Å². The van der Waals surface area contributed by atoms with Crippen LogP contribution in [0.1, 0.15) is 12.5 Å². The Morgan fingerprint density at radius 1 is 1.50 bits per heavy atom. The van der Waals surface area contributed by atoms with Crippen LogP contribution in [0.3, 0.4) is 0 Å². The number of carboxylic acids is 1. The first-order valence-corrected chi connectivity index (χ1v) is 5.08. The molecule has 0 saturated heterocycles. The number of nitrogens with two attached hydrogens (primary N) is 1. The molecular formula is C12H14N2O2. The lowest BCUT2D eigenvalue weighted by Crippen LogP contribution is -2.46. The molecule has 1 unspecified atom stereocenters. The van der Waals surface area contributed by atoms with E-state index < -0.39 is 11.5 Å². The first kappa shape index (κ1) is 10.7. The summed E-state index contributed by atoms with van der Waals surface area (Å²) in [6.07, 6.45) is 2.13. The molecule has 0 aliphatic rings. The van der Waals surface area contributed by atoms with Crippen LogP contribution >= 0.6 is 0 Å². The van der Waals surface area contributed by atoms with Crippen molar-refractivity contribution >= 4 is 16.9 Å². The van der Waals surface area contributed by atoms with Crippen LogP contribution in [0, 0.1) is 0 Å². The van der Waals surface area contributed by atoms with E-state index in [9.17, 15) is 4.79 Å². The molecule has 1 aromatic carbocycles. The second-order valence-corrected chi connectivity index (χ2v) is 4.26. The number of nitrogens with one attached hydrogen (secondary N) is 1. The highest BCUT2D eigenvalue weighted by molar-refractivity contribution is 5.85. The molecule has 84 valence electrons. The number of carbonyl (C=O) groups is 1. The van der Waals surface area contributed by atoms with Gasteiger partial charge in [0.15, 0.2) is 0 Å². The molecule has 4 N–H and O–H groups in total. The fourth-order valence-electron chi connectivity index (χ4n) is 1.75. The zero-order valence-corrected chi connectivity index (χ0v) is 9.03. The van der Waals surface area contributed by atoms with Crippen LogP contribution < -0.4 is 5.73 Å². The quantitative estimate of drug-likeness (QED) is 0.729. The number of aromatic nitrogens is 1. The lowest BCUT2D eigenvalue weighted by Gasteiger charge is -2.18. The second-order valence-electron chi connectivity index (χ2n) is 4.26. The number of carboxylic acid groups (broad SMARTS) is 1. The van der Waals surface area contributed by atoms with Crippen molar-refractivity contribution in [3.8, 4) is 0 Å². The van der Waals surface area contributed by atoms with Crippen molar-refractivity contribution in [3.05, 3.63) is 36.0 Å². The van der Waals surface area contributed by atoms with Crippen LogP contribution in [0.15, 0.2) is 30.5 Å². The smallest absolute Gasteiger partial charge is 0.323 e. The summed E-state index contributed by atoms with van der Waals surface area (Å²) >= 11 is 0. The molecule has 0 radical (unpaired) electrons. The van der Waals surface area contributed by atoms with Crippen molar-refractivity contribution in [2.45, 2.75) is 18.9 Å². The molecular weight excluding hydrogens is 203 g/mol. The lowest BCUT2D eigenvalue weighted by atomic mass is 9.80. The maximum absolute atomic E-state index is 10.9. The summed E-state index contributed by atoms with van der Waals surface area (Å²) in [6, 6.07) is 7.77. The predicted octanol–water partition coefficient (Wildman–Crippen LogP) is 1.51. The van der Waals surface area contributed by atoms with E-state index in [1.54, 1.807) is 0 Å². The number of benzene rings is 1. The topological polar surface area (TPSA) is 79.1 Å². The fraction of sp³-hybridized carbons (Fsp3) is 0.250. The molecule has 0 fully saturated rings. The molecule has 4 heteroatoms. The van der Waals surface area contributed by atoms with Gasteiger partial charge in [-0.3, -0.25) is 4.79 Å². The minimum absolute atomic E-state index is 0.312. The number of para-hydroxylation sites is 1. The molecule has 0 aliphatic heterocycles. The second kappa shape index (κ2) is 3.64. The first-order chi connectivity index (χ1) is 7.50. The van der Waals surface area contributed by atoms with E-state index in [0.29, 0.717) is 6.42 Å². The Kier molecular flexibility index (Phi) is 2.44. The Balaban J connectivity index is 2.38. The van der Waals surface area contributed by atoms with Gasteiger partial charge in [-0.2, -0.15) is 0 Å². The Morgan fingerprint density at radius 2 is 2.19 bits per heavy atom. The molecule has 1 heterocycles. The lowest BCUT2D eigenvalue weighted by molar-refractivity contribution is -0.142. The Labute approximate surface area is 93.1 Å². The average Bonchev–Trinajstić information content (AvgIpc) is 2.61. The molecule has 0 spiro atoms. The monoisotopic (exact) mass is 217 g/mol. The van der Waals surface area contributed by atoms with E-state index in [2.05, 4.69) is 4.98 Å². The summed E-state index contributed by atoms with van der Waals surface area (Å²) in [5.41, 5.74) is 6.43. The van der Waals surface area contributed by atoms with Gasteiger partial charge in [-0.15, -0.1) is 0 Å². The number of hydrogen-bond donors (Lipinski definition) is 3. The summed E-state index contributed by atoms with van der Waals surface area (Å²) in [7, 11) is 0. The van der Waals surface area contributed by atoms with Crippen molar-refractivity contribution in [2.24, 2.45) is 5.73 Å². The van der Waals surface area contributed by atoms with Gasteiger partial charge in [0, 0.05) is 23.5 Å². The largest absolute Gasteiger partial charge is 0.480 e. The van der Waals surface area contributed by atoms with E-state index in [4.69, 9.17) is 10.8 Å². The predicted molar refractivity (Wildman–Crippen MR) is 62.2 cm³/mol. The van der Waals surface area contributed by atoms with Gasteiger partial charge in [0.2, 0.25) is 0 Å². The summed E-state index contributed by atoms with van der Waals surface area (Å²) < 4.78 is 0. The van der Waals surface area contributed by atoms with Gasteiger partial charge in [-0.05, 0) is 18.6 Å². The highest BCUT2D eigenvalue weighted by atomic mass is 16.4. The molecule has 16 heavy (non-hydrogen) atoms. The van der Waals surface area contributed by atoms with Crippen molar-refractivity contribution in [3.63, 3.8) is 0 Å². The Hall–Kier alpha value is -1.81. The van der Waals surface area contributed by atoms with Crippen LogP contribution in [0.2, 0.25) is 0 Å². The molecule has 2 aromatic rings. The van der Waals surface area contributed by atoms with Crippen molar-refractivity contribution in [1.29, 1.82) is 0 Å². The first-order valence-electron chi connectivity index (χ1n) is 5.08. The third-order valence-corrected chi connectivity index (χ3v) is 2.72. The van der Waals surface area contributed by atoms with Gasteiger partial charge in [0.05, 0.1) is 0 Å². The zero-order valence-electron chi connectivity index (χ0n) is 9.03. The Bertz CT molecular complexity index is 529. The molecule has 1 atom stereocenters. The molecule has 0 aliphatic carbocycles. The highest BCUT2D eigenvalue weighted by Crippen LogP contribution is 2.21. The number of aromatic amines is 1. The van der Waals surface area contributed by atoms with Crippen LogP contribution in [0.4, 0.5) is 0 Å². The summed E-state index contributed by atoms with van der Waals surface area (Å²) in [6.45, 7) is 1.52. The van der Waals surface area contributed by atoms with Crippen molar-refractivity contribution < 1.29 is 9.90 Å². The van der Waals surface area contributed by atoms with E-state index in [1.165, 1.54) is 6.92 Å². The summed E-state index contributed by atoms with van der Waals surface area (Å²) in [5.74, 6) is -0.988. The van der Waals surface area contributed by atoms with E-state index >= 15 is 0 Å². The van der Waals surface area contributed by atoms with Crippen LogP contribution in [0.5, 0.6) is 0 Å². The minimum Gasteiger partial charge on any atom is -0.480 e. The van der Waals surface area contributed by atoms with E-state index in [1.807, 2.05) is 30.5 Å². The normalized spacial score (nSPS) is 14.9. The average molecular weight is 217 g/mol. The maximum Gasteiger partial charge on any atom is 0.323 e. The van der Waals surface area contributed by atoms with Gasteiger partial charge in [0.1, 0.15) is 5.54 Å². The van der Waals surface area contributed by atoms with Crippen LogP contribution in [-0.4, -0.2) is 21.6 Å². The molecule has 1 aromatic heterocycles. The number of hydrogen-bond acceptors (Lipinski definition) is 2. The Morgan fingerprint density at radius 3 is 2.88 bits per heavy atom. The molecule has 0 bridgehead atoms. The minimum atomic E-state index is -1.23. The highest BCUT2D eigenvalue weighted by Gasteiger charge is 2.28. The zero-order chi connectivity index (χ0) is 11.8. The van der Waals surface area contributed by atoms with Gasteiger partial charge >= 0.3 is 5.97 Å². The maximum atomic E-state index is 10.9. The van der Waals surface area contributed by atoms with Crippen molar-refractivity contribution in [1.82, 2.24) is 4.98 Å². The van der Waals surface area contributed by atoms with Gasteiger partial charge in [-0.25, -0.2) is 0 Å². The van der Waals surface area contributed by atoms with Crippen LogP contribution in [-0.2, 0) is 11.2 Å². The number of H-pyrrole nitrogens is 1. The summed E-state index contributed by atoms with van der Waals surface area (Å²) in [5, 5.41) is 10.0. The molecule has 2 rings (SSSR count). The number of fused-ring (bicyclic) bond motifs is 1. The summed E-state index contributed by atoms with van der Waals surface area (Å²) in [4.78, 5) is 14.0. The van der Waals surface area contributed by atoms with Gasteiger partial charge < -0.3 is 15.8 Å². The van der Waals surface area contributed by atoms with Gasteiger partial charge in [-0.1, -0.05) is 18.2 Å². The number of aliphatic carboxylic acids is 1. The molecule has 4 nitrogen and oxygen atoms in total. The molecule has 0 saturated carbocycles. The third-order valence-electron chi connectivity index (χ3n) is 2.72. The fourth-order valence-corrected chi connectivity index (χ4v) is 1.75. The number of rotatable bonds is 3.